The number of hydrogen-bond donors (Lipinski definition) is 1. The third-order valence-corrected chi connectivity index (χ3v) is 2.88. The van der Waals surface area contributed by atoms with Crippen LogP contribution in [0.5, 0.6) is 0 Å². The maximum absolute atomic E-state index is 13.6. The molecule has 2 rings (SSSR count). The van der Waals surface area contributed by atoms with E-state index in [1.165, 1.54) is 6.07 Å². The minimum absolute atomic E-state index is 0.262. The van der Waals surface area contributed by atoms with Crippen LogP contribution < -0.4 is 5.32 Å². The first-order chi connectivity index (χ1) is 9.20. The Morgan fingerprint density at radius 2 is 2.16 bits per heavy atom. The second-order valence-electron chi connectivity index (χ2n) is 4.39. The molecule has 102 valence electrons. The van der Waals surface area contributed by atoms with Crippen LogP contribution in [0.3, 0.4) is 0 Å². The zero-order valence-electron chi connectivity index (χ0n) is 10.9. The van der Waals surface area contributed by atoms with Gasteiger partial charge in [-0.05, 0) is 24.6 Å². The molecular weight excluding hydrogens is 248 g/mol. The van der Waals surface area contributed by atoms with Gasteiger partial charge in [0.15, 0.2) is 0 Å². The molecule has 0 saturated heterocycles. The van der Waals surface area contributed by atoms with Crippen LogP contribution in [0.4, 0.5) is 14.7 Å². The molecule has 0 saturated carbocycles. The third-order valence-electron chi connectivity index (χ3n) is 2.88. The van der Waals surface area contributed by atoms with Crippen molar-refractivity contribution in [2.75, 3.05) is 11.9 Å². The number of aromatic nitrogens is 2. The van der Waals surface area contributed by atoms with Gasteiger partial charge in [-0.15, -0.1) is 0 Å². The van der Waals surface area contributed by atoms with Gasteiger partial charge >= 0.3 is 0 Å². The predicted molar refractivity (Wildman–Crippen MR) is 71.1 cm³/mol. The molecule has 0 radical (unpaired) electrons. The summed E-state index contributed by atoms with van der Waals surface area (Å²) in [6, 6.07) is 3.48. The highest BCUT2D eigenvalue weighted by Crippen LogP contribution is 2.14. The van der Waals surface area contributed by atoms with Gasteiger partial charge in [-0.1, -0.05) is 13.3 Å². The first kappa shape index (κ1) is 13.5. The summed E-state index contributed by atoms with van der Waals surface area (Å²) in [5.41, 5.74) is 0.316. The van der Waals surface area contributed by atoms with Crippen molar-refractivity contribution in [3.8, 4) is 0 Å². The first-order valence-corrected chi connectivity index (χ1v) is 6.39. The van der Waals surface area contributed by atoms with Crippen molar-refractivity contribution in [1.29, 1.82) is 0 Å². The summed E-state index contributed by atoms with van der Waals surface area (Å²) in [5.74, 6) is -0.163. The summed E-state index contributed by atoms with van der Waals surface area (Å²) in [7, 11) is 0. The van der Waals surface area contributed by atoms with Crippen LogP contribution in [0, 0.1) is 11.6 Å². The van der Waals surface area contributed by atoms with E-state index in [0.29, 0.717) is 11.5 Å². The van der Waals surface area contributed by atoms with E-state index >= 15 is 0 Å². The van der Waals surface area contributed by atoms with Crippen molar-refractivity contribution in [2.45, 2.75) is 26.3 Å². The van der Waals surface area contributed by atoms with Gasteiger partial charge in [0.05, 0.1) is 6.54 Å². The van der Waals surface area contributed by atoms with Crippen LogP contribution >= 0.6 is 0 Å². The van der Waals surface area contributed by atoms with Crippen molar-refractivity contribution in [1.82, 2.24) is 9.55 Å². The highest BCUT2D eigenvalue weighted by molar-refractivity contribution is 5.28. The van der Waals surface area contributed by atoms with E-state index < -0.39 is 11.6 Å². The van der Waals surface area contributed by atoms with Gasteiger partial charge in [-0.25, -0.2) is 13.8 Å². The molecule has 2 aromatic rings. The van der Waals surface area contributed by atoms with Gasteiger partial charge in [-0.2, -0.15) is 0 Å². The van der Waals surface area contributed by atoms with Gasteiger partial charge in [0, 0.05) is 24.5 Å². The molecule has 0 fully saturated rings. The minimum atomic E-state index is -0.433. The Hall–Kier alpha value is -1.91. The van der Waals surface area contributed by atoms with Gasteiger partial charge in [0.1, 0.15) is 11.6 Å². The number of nitrogens with one attached hydrogen (secondary N) is 1. The van der Waals surface area contributed by atoms with E-state index in [1.54, 1.807) is 17.0 Å². The molecule has 1 N–H and O–H groups in total. The van der Waals surface area contributed by atoms with Crippen LogP contribution in [0.25, 0.3) is 0 Å². The average Bonchev–Trinajstić information content (AvgIpc) is 2.82. The molecule has 5 heteroatoms. The van der Waals surface area contributed by atoms with Crippen molar-refractivity contribution in [3.05, 3.63) is 47.8 Å². The van der Waals surface area contributed by atoms with Crippen LogP contribution in [-0.4, -0.2) is 16.1 Å². The maximum atomic E-state index is 13.6. The Bertz CT molecular complexity index is 537. The minimum Gasteiger partial charge on any atom is -0.356 e. The summed E-state index contributed by atoms with van der Waals surface area (Å²) < 4.78 is 28.5. The highest BCUT2D eigenvalue weighted by Gasteiger charge is 2.07. The maximum Gasteiger partial charge on any atom is 0.203 e. The number of anilines is 1. The molecule has 1 aromatic heterocycles. The summed E-state index contributed by atoms with van der Waals surface area (Å²) in [4.78, 5) is 4.17. The molecule has 19 heavy (non-hydrogen) atoms. The molecule has 0 atom stereocenters. The summed E-state index contributed by atoms with van der Waals surface area (Å²) in [6.45, 7) is 3.19. The first-order valence-electron chi connectivity index (χ1n) is 6.39. The molecule has 0 amide bonds. The number of halogens is 2. The number of rotatable bonds is 6. The number of imidazole rings is 1. The largest absolute Gasteiger partial charge is 0.356 e. The second kappa shape index (κ2) is 6.31. The summed E-state index contributed by atoms with van der Waals surface area (Å²) in [6.07, 6.45) is 5.53. The lowest BCUT2D eigenvalue weighted by molar-refractivity contribution is 0.577. The molecule has 0 spiro atoms. The topological polar surface area (TPSA) is 29.9 Å². The second-order valence-corrected chi connectivity index (χ2v) is 4.39. The number of nitrogens with zero attached hydrogens (tertiary/aromatic N) is 2. The molecule has 1 aromatic carbocycles. The number of unbranched alkanes of at least 4 members (excludes halogenated alkanes) is 1. The van der Waals surface area contributed by atoms with E-state index in [9.17, 15) is 8.78 Å². The SMILES string of the molecule is CCCCNc1nccn1Cc1cc(F)ccc1F. The molecule has 0 aliphatic carbocycles. The van der Waals surface area contributed by atoms with Crippen LogP contribution in [0.15, 0.2) is 30.6 Å². The van der Waals surface area contributed by atoms with E-state index in [-0.39, 0.29) is 6.54 Å². The van der Waals surface area contributed by atoms with Gasteiger partial charge < -0.3 is 9.88 Å². The summed E-state index contributed by atoms with van der Waals surface area (Å²) >= 11 is 0. The van der Waals surface area contributed by atoms with Crippen LogP contribution in [0.2, 0.25) is 0 Å². The average molecular weight is 265 g/mol. The molecule has 3 nitrogen and oxygen atoms in total. The monoisotopic (exact) mass is 265 g/mol. The quantitative estimate of drug-likeness (QED) is 0.811. The van der Waals surface area contributed by atoms with E-state index in [2.05, 4.69) is 17.2 Å². The highest BCUT2D eigenvalue weighted by atomic mass is 19.1. The Kier molecular flexibility index (Phi) is 4.49. The Labute approximate surface area is 111 Å². The fourth-order valence-corrected chi connectivity index (χ4v) is 1.83. The Balaban J connectivity index is 2.10. The molecular formula is C14H17F2N3. The molecule has 0 aliphatic rings. The Morgan fingerprint density at radius 1 is 1.32 bits per heavy atom. The van der Waals surface area contributed by atoms with Crippen molar-refractivity contribution in [3.63, 3.8) is 0 Å². The van der Waals surface area contributed by atoms with Gasteiger partial charge in [0.2, 0.25) is 5.95 Å². The smallest absolute Gasteiger partial charge is 0.203 e. The fraction of sp³-hybridized carbons (Fsp3) is 0.357. The van der Waals surface area contributed by atoms with Crippen LogP contribution in [-0.2, 0) is 6.54 Å². The predicted octanol–water partition coefficient (Wildman–Crippen LogP) is 3.42. The lowest BCUT2D eigenvalue weighted by Crippen LogP contribution is -2.10. The zero-order valence-corrected chi connectivity index (χ0v) is 10.9. The van der Waals surface area contributed by atoms with Gasteiger partial charge in [0.25, 0.3) is 0 Å². The molecule has 1 heterocycles. The van der Waals surface area contributed by atoms with E-state index in [4.69, 9.17) is 0 Å². The molecule has 0 aliphatic heterocycles. The number of hydrogen-bond acceptors (Lipinski definition) is 2. The zero-order chi connectivity index (χ0) is 13.7. The fourth-order valence-electron chi connectivity index (χ4n) is 1.83. The third kappa shape index (κ3) is 3.53. The van der Waals surface area contributed by atoms with Gasteiger partial charge in [-0.3, -0.25) is 0 Å². The number of benzene rings is 1. The summed E-state index contributed by atoms with van der Waals surface area (Å²) in [5, 5.41) is 3.18. The van der Waals surface area contributed by atoms with Crippen LogP contribution in [0.1, 0.15) is 25.3 Å². The normalized spacial score (nSPS) is 10.7. The van der Waals surface area contributed by atoms with E-state index in [0.717, 1.165) is 31.5 Å². The molecule has 0 unspecified atom stereocenters. The van der Waals surface area contributed by atoms with Crippen molar-refractivity contribution >= 4 is 5.95 Å². The van der Waals surface area contributed by atoms with E-state index in [1.807, 2.05) is 0 Å². The van der Waals surface area contributed by atoms with Crippen molar-refractivity contribution < 1.29 is 8.78 Å². The lowest BCUT2D eigenvalue weighted by atomic mass is 10.2. The van der Waals surface area contributed by atoms with Crippen molar-refractivity contribution in [2.24, 2.45) is 0 Å². The standard InChI is InChI=1S/C14H17F2N3/c1-2-3-6-17-14-18-7-8-19(14)10-11-9-12(15)4-5-13(11)16/h4-5,7-9H,2-3,6,10H2,1H3,(H,17,18). The lowest BCUT2D eigenvalue weighted by Gasteiger charge is -2.10. The molecule has 0 bridgehead atoms. The Morgan fingerprint density at radius 3 is 2.95 bits per heavy atom.